The molecule has 4 aromatic rings. The normalized spacial score (nSPS) is 12.7. The van der Waals surface area contributed by atoms with E-state index in [1.54, 1.807) is 6.20 Å². The Hall–Kier alpha value is -2.88. The van der Waals surface area contributed by atoms with Crippen LogP contribution in [0.1, 0.15) is 90.8 Å². The summed E-state index contributed by atoms with van der Waals surface area (Å²) in [6.45, 7) is 14.9. The number of fused-ring (bicyclic) bond motifs is 4. The Bertz CT molecular complexity index is 1540. The number of pyridine rings is 2. The van der Waals surface area contributed by atoms with Gasteiger partial charge >= 0.3 is 0 Å². The first-order valence-electron chi connectivity index (χ1n) is 14.8. The van der Waals surface area contributed by atoms with Crippen LogP contribution in [0.4, 0.5) is 0 Å². The van der Waals surface area contributed by atoms with Crippen LogP contribution in [0.2, 0.25) is 0 Å². The number of rotatable bonds is 7. The average molecular weight is 728 g/mol. The van der Waals surface area contributed by atoms with Crippen molar-refractivity contribution in [3.05, 3.63) is 83.4 Å². The molecule has 41 heavy (non-hydrogen) atoms. The van der Waals surface area contributed by atoms with Crippen molar-refractivity contribution in [2.24, 2.45) is 11.8 Å². The topological polar surface area (TPSA) is 63.1 Å². The molecule has 219 valence electrons. The van der Waals surface area contributed by atoms with Crippen molar-refractivity contribution in [1.29, 1.82) is 0 Å². The quantitative estimate of drug-likeness (QED) is 0.103. The van der Waals surface area contributed by atoms with Gasteiger partial charge in [0, 0.05) is 49.7 Å². The number of aromatic nitrogens is 2. The molecule has 0 aliphatic heterocycles. The second kappa shape index (κ2) is 13.9. The SMILES string of the molecule is CC(C)(C)c1ccc2cnc3c(c2c1)Cc1cccc2nc[c-]c-3c12.CCC(CC)C(=O)/C=C(\O)C(CC)CC.[Ir]. The number of hydrogen-bond acceptors (Lipinski definition) is 4. The van der Waals surface area contributed by atoms with Gasteiger partial charge in [0.1, 0.15) is 0 Å². The van der Waals surface area contributed by atoms with E-state index in [0.29, 0.717) is 0 Å². The van der Waals surface area contributed by atoms with Crippen molar-refractivity contribution in [3.63, 3.8) is 0 Å². The van der Waals surface area contributed by atoms with E-state index < -0.39 is 0 Å². The van der Waals surface area contributed by atoms with Gasteiger partial charge in [0.05, 0.1) is 5.76 Å². The third-order valence-corrected chi connectivity index (χ3v) is 8.34. The molecule has 5 rings (SSSR count). The number of ketones is 1. The number of hydrogen-bond donors (Lipinski definition) is 1. The number of carbonyl (C=O) groups excluding carboxylic acids is 1. The molecule has 0 unspecified atom stereocenters. The van der Waals surface area contributed by atoms with Crippen molar-refractivity contribution in [2.45, 2.75) is 86.0 Å². The summed E-state index contributed by atoms with van der Waals surface area (Å²) >= 11 is 0. The second-order valence-corrected chi connectivity index (χ2v) is 11.9. The van der Waals surface area contributed by atoms with E-state index in [1.165, 1.54) is 38.9 Å². The van der Waals surface area contributed by atoms with Crippen molar-refractivity contribution in [2.75, 3.05) is 0 Å². The summed E-state index contributed by atoms with van der Waals surface area (Å²) in [5.41, 5.74) is 7.30. The van der Waals surface area contributed by atoms with Crippen molar-refractivity contribution >= 4 is 27.5 Å². The van der Waals surface area contributed by atoms with E-state index in [1.807, 2.05) is 33.9 Å². The summed E-state index contributed by atoms with van der Waals surface area (Å²) in [6.07, 6.45) is 9.57. The van der Waals surface area contributed by atoms with Crippen LogP contribution < -0.4 is 0 Å². The number of carbonyl (C=O) groups is 1. The molecule has 1 aliphatic rings. The predicted octanol–water partition coefficient (Wildman–Crippen LogP) is 9.32. The third-order valence-electron chi connectivity index (χ3n) is 8.34. The fraction of sp³-hybridized carbons (Fsp3) is 0.417. The van der Waals surface area contributed by atoms with Gasteiger partial charge in [-0.05, 0) is 71.8 Å². The van der Waals surface area contributed by atoms with E-state index in [-0.39, 0.29) is 48.9 Å². The van der Waals surface area contributed by atoms with Gasteiger partial charge < -0.3 is 10.1 Å². The number of aliphatic hydroxyl groups excluding tert-OH is 1. The smallest absolute Gasteiger partial charge is 0.162 e. The maximum atomic E-state index is 11.7. The van der Waals surface area contributed by atoms with E-state index in [2.05, 4.69) is 68.2 Å². The zero-order valence-corrected chi connectivity index (χ0v) is 27.9. The summed E-state index contributed by atoms with van der Waals surface area (Å²) in [5.74, 6) is 0.547. The maximum absolute atomic E-state index is 11.7. The molecule has 4 nitrogen and oxygen atoms in total. The van der Waals surface area contributed by atoms with Crippen molar-refractivity contribution < 1.29 is 30.0 Å². The van der Waals surface area contributed by atoms with E-state index in [9.17, 15) is 9.90 Å². The Balaban J connectivity index is 0.000000253. The molecule has 0 saturated carbocycles. The minimum atomic E-state index is 0. The first-order valence-corrected chi connectivity index (χ1v) is 14.8. The molecular weight excluding hydrogens is 685 g/mol. The number of benzene rings is 2. The van der Waals surface area contributed by atoms with Crippen molar-refractivity contribution in [3.8, 4) is 11.3 Å². The fourth-order valence-electron chi connectivity index (χ4n) is 5.66. The fourth-order valence-corrected chi connectivity index (χ4v) is 5.66. The summed E-state index contributed by atoms with van der Waals surface area (Å²) < 4.78 is 0. The van der Waals surface area contributed by atoms with Gasteiger partial charge in [-0.25, -0.2) is 0 Å². The molecule has 0 saturated heterocycles. The Morgan fingerprint density at radius 3 is 2.32 bits per heavy atom. The number of allylic oxidation sites excluding steroid dienone is 2. The Morgan fingerprint density at radius 2 is 1.68 bits per heavy atom. The molecule has 0 bridgehead atoms. The summed E-state index contributed by atoms with van der Waals surface area (Å²) in [5, 5.41) is 13.5. The molecule has 0 atom stereocenters. The van der Waals surface area contributed by atoms with Crippen LogP contribution in [0.15, 0.2) is 60.6 Å². The van der Waals surface area contributed by atoms with Crippen LogP contribution in [0, 0.1) is 17.9 Å². The minimum absolute atomic E-state index is 0. The van der Waals surface area contributed by atoms with Crippen LogP contribution in [-0.4, -0.2) is 20.9 Å². The van der Waals surface area contributed by atoms with Crippen LogP contribution in [0.3, 0.4) is 0 Å². The molecule has 1 radical (unpaired) electrons. The van der Waals surface area contributed by atoms with Gasteiger partial charge in [0.25, 0.3) is 0 Å². The van der Waals surface area contributed by atoms with Gasteiger partial charge in [-0.2, -0.15) is 11.6 Å². The molecule has 2 heterocycles. The Morgan fingerprint density at radius 1 is 1.00 bits per heavy atom. The van der Waals surface area contributed by atoms with E-state index in [0.717, 1.165) is 48.9 Å². The van der Waals surface area contributed by atoms with Crippen LogP contribution in [0.25, 0.3) is 32.9 Å². The Kier molecular flexibility index (Phi) is 11.0. The van der Waals surface area contributed by atoms with Gasteiger partial charge in [-0.1, -0.05) is 95.3 Å². The monoisotopic (exact) mass is 728 g/mol. The van der Waals surface area contributed by atoms with Gasteiger partial charge in [0.2, 0.25) is 0 Å². The zero-order valence-electron chi connectivity index (χ0n) is 25.5. The minimum Gasteiger partial charge on any atom is -0.512 e. The molecule has 5 heteroatoms. The first-order chi connectivity index (χ1) is 19.1. The molecule has 2 aromatic carbocycles. The molecule has 1 aliphatic carbocycles. The maximum Gasteiger partial charge on any atom is 0.162 e. The first kappa shape index (κ1) is 32.6. The van der Waals surface area contributed by atoms with Crippen LogP contribution in [0.5, 0.6) is 0 Å². The summed E-state index contributed by atoms with van der Waals surface area (Å²) in [4.78, 5) is 21.0. The number of aliphatic hydroxyl groups is 1. The summed E-state index contributed by atoms with van der Waals surface area (Å²) in [7, 11) is 0. The molecule has 1 N–H and O–H groups in total. The second-order valence-electron chi connectivity index (χ2n) is 11.9. The average Bonchev–Trinajstić information content (AvgIpc) is 2.94. The van der Waals surface area contributed by atoms with E-state index in [4.69, 9.17) is 4.98 Å². The number of nitrogens with zero attached hydrogens (tertiary/aromatic N) is 2. The van der Waals surface area contributed by atoms with E-state index >= 15 is 0 Å². The molecule has 0 spiro atoms. The van der Waals surface area contributed by atoms with Gasteiger partial charge in [-0.15, -0.1) is 0 Å². The van der Waals surface area contributed by atoms with Crippen molar-refractivity contribution in [1.82, 2.24) is 9.97 Å². The zero-order chi connectivity index (χ0) is 29.0. The predicted molar refractivity (Wildman–Crippen MR) is 167 cm³/mol. The standard InChI is InChI=1S/C23H19N2.C13H24O2.Ir/c1-23(2,3)16-8-7-15-13-25-22-17-9-10-24-20-6-4-5-14(21(17)20)11-19(22)18(15)12-16;1-5-10(6-2)12(14)9-13(15)11(7-3)8-4;/h4-8,10,12-13H,11H2,1-3H3;9-11,14H,5-8H2,1-4H3;/q-1;;/b;12-9-;. The third kappa shape index (κ3) is 6.96. The van der Waals surface area contributed by atoms with Gasteiger partial charge in [-0.3, -0.25) is 9.78 Å². The Labute approximate surface area is 259 Å². The van der Waals surface area contributed by atoms with Crippen LogP contribution in [-0.2, 0) is 36.7 Å². The summed E-state index contributed by atoms with van der Waals surface area (Å²) in [6, 6.07) is 16.5. The molecular formula is C36H43IrN2O2-. The van der Waals surface area contributed by atoms with Gasteiger partial charge in [0.15, 0.2) is 5.78 Å². The molecule has 2 aromatic heterocycles. The molecule has 0 amide bonds. The largest absolute Gasteiger partial charge is 0.512 e. The van der Waals surface area contributed by atoms with Crippen LogP contribution >= 0.6 is 0 Å². The molecule has 0 fully saturated rings.